The molecule has 0 saturated heterocycles. The van der Waals surface area contributed by atoms with Gasteiger partial charge in [0.1, 0.15) is 11.6 Å². The number of hydrogen-bond acceptors (Lipinski definition) is 2. The van der Waals surface area contributed by atoms with Gasteiger partial charge in [0, 0.05) is 11.1 Å². The zero-order valence-corrected chi connectivity index (χ0v) is 15.0. The normalized spacial score (nSPS) is 11.5. The van der Waals surface area contributed by atoms with E-state index < -0.39 is 8.32 Å². The maximum absolute atomic E-state index is 13.0. The Morgan fingerprint density at radius 1 is 0.833 bits per heavy atom. The Kier molecular flexibility index (Phi) is 4.24. The van der Waals surface area contributed by atoms with Crippen molar-refractivity contribution in [1.29, 1.82) is 0 Å². The second kappa shape index (κ2) is 6.21. The standard InChI is InChI=1S/C20H19FO2Si/c1-24(2,3)23-19-11-8-15-12-17(5-4-16(15)13-19)20(22)14-6-9-18(21)10-7-14/h4-13H,1-3H3. The molecule has 0 unspecified atom stereocenters. The number of carbonyl (C=O) groups is 1. The Morgan fingerprint density at radius 2 is 1.42 bits per heavy atom. The van der Waals surface area contributed by atoms with Crippen LogP contribution in [0.4, 0.5) is 4.39 Å². The van der Waals surface area contributed by atoms with Gasteiger partial charge in [-0.1, -0.05) is 18.2 Å². The number of ketones is 1. The third-order valence-electron chi connectivity index (χ3n) is 3.60. The highest BCUT2D eigenvalue weighted by Gasteiger charge is 2.16. The Balaban J connectivity index is 1.92. The van der Waals surface area contributed by atoms with Crippen molar-refractivity contribution in [3.05, 3.63) is 77.6 Å². The molecule has 0 aliphatic heterocycles. The minimum Gasteiger partial charge on any atom is -0.544 e. The molecule has 4 heteroatoms. The number of fused-ring (bicyclic) bond motifs is 1. The fraction of sp³-hybridized carbons (Fsp3) is 0.150. The van der Waals surface area contributed by atoms with Crippen LogP contribution in [0.1, 0.15) is 15.9 Å². The minimum absolute atomic E-state index is 0.112. The average molecular weight is 338 g/mol. The van der Waals surface area contributed by atoms with E-state index in [1.54, 1.807) is 6.07 Å². The van der Waals surface area contributed by atoms with Crippen molar-refractivity contribution in [1.82, 2.24) is 0 Å². The van der Waals surface area contributed by atoms with Gasteiger partial charge in [0.05, 0.1) is 0 Å². The topological polar surface area (TPSA) is 26.3 Å². The van der Waals surface area contributed by atoms with E-state index in [2.05, 4.69) is 19.6 Å². The predicted octanol–water partition coefficient (Wildman–Crippen LogP) is 5.42. The van der Waals surface area contributed by atoms with E-state index in [1.165, 1.54) is 24.3 Å². The second-order valence-electron chi connectivity index (χ2n) is 6.77. The number of halogens is 1. The molecule has 0 aliphatic carbocycles. The lowest BCUT2D eigenvalue weighted by Gasteiger charge is -2.19. The third kappa shape index (κ3) is 3.71. The van der Waals surface area contributed by atoms with Gasteiger partial charge in [-0.3, -0.25) is 4.79 Å². The molecule has 0 atom stereocenters. The van der Waals surface area contributed by atoms with Crippen molar-refractivity contribution in [2.75, 3.05) is 0 Å². The lowest BCUT2D eigenvalue weighted by molar-refractivity contribution is 0.103. The van der Waals surface area contributed by atoms with Crippen LogP contribution < -0.4 is 4.43 Å². The first kappa shape index (κ1) is 16.4. The maximum Gasteiger partial charge on any atom is 0.242 e. The van der Waals surface area contributed by atoms with Crippen LogP contribution >= 0.6 is 0 Å². The molecule has 0 fully saturated rings. The molecule has 3 aromatic carbocycles. The summed E-state index contributed by atoms with van der Waals surface area (Å²) < 4.78 is 19.0. The molecule has 0 amide bonds. The van der Waals surface area contributed by atoms with E-state index in [4.69, 9.17) is 4.43 Å². The molecule has 0 saturated carbocycles. The van der Waals surface area contributed by atoms with Crippen LogP contribution in [-0.2, 0) is 0 Å². The van der Waals surface area contributed by atoms with Crippen LogP contribution in [0.3, 0.4) is 0 Å². The van der Waals surface area contributed by atoms with Crippen molar-refractivity contribution >= 4 is 24.9 Å². The third-order valence-corrected chi connectivity index (χ3v) is 4.45. The molecule has 24 heavy (non-hydrogen) atoms. The predicted molar refractivity (Wildman–Crippen MR) is 97.8 cm³/mol. The summed E-state index contributed by atoms with van der Waals surface area (Å²) in [6.45, 7) is 6.42. The Labute approximate surface area is 142 Å². The molecule has 0 aromatic heterocycles. The van der Waals surface area contributed by atoms with Gasteiger partial charge < -0.3 is 4.43 Å². The number of benzene rings is 3. The van der Waals surface area contributed by atoms with E-state index >= 15 is 0 Å². The molecule has 0 heterocycles. The molecule has 2 nitrogen and oxygen atoms in total. The molecule has 0 bridgehead atoms. The largest absolute Gasteiger partial charge is 0.544 e. The van der Waals surface area contributed by atoms with Crippen molar-refractivity contribution in [2.24, 2.45) is 0 Å². The van der Waals surface area contributed by atoms with E-state index in [1.807, 2.05) is 30.3 Å². The summed E-state index contributed by atoms with van der Waals surface area (Å²) in [5.74, 6) is 0.401. The van der Waals surface area contributed by atoms with Crippen molar-refractivity contribution in [2.45, 2.75) is 19.6 Å². The van der Waals surface area contributed by atoms with Crippen LogP contribution in [0.15, 0.2) is 60.7 Å². The summed E-state index contributed by atoms with van der Waals surface area (Å²) in [5, 5.41) is 2.01. The van der Waals surface area contributed by atoms with Gasteiger partial charge in [-0.05, 0) is 72.9 Å². The SMILES string of the molecule is C[Si](C)(C)Oc1ccc2cc(C(=O)c3ccc(F)cc3)ccc2c1. The number of carbonyl (C=O) groups excluding carboxylic acids is 1. The second-order valence-corrected chi connectivity index (χ2v) is 11.2. The molecule has 3 aromatic rings. The summed E-state index contributed by atoms with van der Waals surface area (Å²) >= 11 is 0. The van der Waals surface area contributed by atoms with E-state index in [9.17, 15) is 9.18 Å². The molecule has 0 aliphatic rings. The van der Waals surface area contributed by atoms with Gasteiger partial charge in [0.25, 0.3) is 0 Å². The van der Waals surface area contributed by atoms with E-state index in [0.717, 1.165) is 16.5 Å². The Hall–Kier alpha value is -2.46. The fourth-order valence-electron chi connectivity index (χ4n) is 2.55. The molecular weight excluding hydrogens is 319 g/mol. The lowest BCUT2D eigenvalue weighted by Crippen LogP contribution is -2.29. The monoisotopic (exact) mass is 338 g/mol. The molecule has 0 spiro atoms. The molecule has 122 valence electrons. The molecule has 0 N–H and O–H groups in total. The zero-order valence-electron chi connectivity index (χ0n) is 14.0. The van der Waals surface area contributed by atoms with Crippen LogP contribution in [-0.4, -0.2) is 14.1 Å². The highest BCUT2D eigenvalue weighted by Crippen LogP contribution is 2.25. The number of rotatable bonds is 4. The van der Waals surface area contributed by atoms with Crippen molar-refractivity contribution < 1.29 is 13.6 Å². The highest BCUT2D eigenvalue weighted by molar-refractivity contribution is 6.70. The Bertz CT molecular complexity index is 896. The van der Waals surface area contributed by atoms with Gasteiger partial charge in [-0.15, -0.1) is 0 Å². The van der Waals surface area contributed by atoms with Crippen molar-refractivity contribution in [3.63, 3.8) is 0 Å². The fourth-order valence-corrected chi connectivity index (χ4v) is 3.38. The molecule has 3 rings (SSSR count). The smallest absolute Gasteiger partial charge is 0.242 e. The summed E-state index contributed by atoms with van der Waals surface area (Å²) in [6, 6.07) is 17.1. The van der Waals surface area contributed by atoms with Crippen molar-refractivity contribution in [3.8, 4) is 5.75 Å². The molecule has 0 radical (unpaired) electrons. The van der Waals surface area contributed by atoms with E-state index in [-0.39, 0.29) is 11.6 Å². The van der Waals surface area contributed by atoms with Crippen LogP contribution in [0.25, 0.3) is 10.8 Å². The van der Waals surface area contributed by atoms with Gasteiger partial charge in [0.2, 0.25) is 8.32 Å². The van der Waals surface area contributed by atoms with Gasteiger partial charge >= 0.3 is 0 Å². The first-order chi connectivity index (χ1) is 11.3. The average Bonchev–Trinajstić information content (AvgIpc) is 2.53. The molecular formula is C20H19FO2Si. The first-order valence-electron chi connectivity index (χ1n) is 7.85. The lowest BCUT2D eigenvalue weighted by atomic mass is 10.00. The quantitative estimate of drug-likeness (QED) is 0.469. The minimum atomic E-state index is -1.65. The maximum atomic E-state index is 13.0. The van der Waals surface area contributed by atoms with Crippen LogP contribution in [0, 0.1) is 5.82 Å². The van der Waals surface area contributed by atoms with Gasteiger partial charge in [-0.25, -0.2) is 4.39 Å². The summed E-state index contributed by atoms with van der Waals surface area (Å²) in [6.07, 6.45) is 0. The summed E-state index contributed by atoms with van der Waals surface area (Å²) in [7, 11) is -1.65. The first-order valence-corrected chi connectivity index (χ1v) is 11.3. The van der Waals surface area contributed by atoms with Gasteiger partial charge in [0.15, 0.2) is 5.78 Å². The van der Waals surface area contributed by atoms with Crippen LogP contribution in [0.2, 0.25) is 19.6 Å². The van der Waals surface area contributed by atoms with Gasteiger partial charge in [-0.2, -0.15) is 0 Å². The number of hydrogen-bond donors (Lipinski definition) is 0. The van der Waals surface area contributed by atoms with Crippen LogP contribution in [0.5, 0.6) is 5.75 Å². The van der Waals surface area contributed by atoms with E-state index in [0.29, 0.717) is 11.1 Å². The Morgan fingerprint density at radius 3 is 2.08 bits per heavy atom. The summed E-state index contributed by atoms with van der Waals surface area (Å²) in [5.41, 5.74) is 1.07. The summed E-state index contributed by atoms with van der Waals surface area (Å²) in [4.78, 5) is 12.5. The highest BCUT2D eigenvalue weighted by atomic mass is 28.4. The zero-order chi connectivity index (χ0) is 17.3.